The van der Waals surface area contributed by atoms with E-state index in [0.717, 1.165) is 0 Å². The standard InChI is InChI=1S/C31H19NO8/c1-37-21-12-14-25-24(16-21)28(30(40-25)19-5-3-2-4-6-19)31(34)38-22-11-13-23-26(17-22)39-27(29(23)33)15-18-7-9-20(10-8-18)32(35)36/h2-17H,1H3/b27-15-. The summed E-state index contributed by atoms with van der Waals surface area (Å²) in [5, 5.41) is 11.4. The number of hydrogen-bond donors (Lipinski definition) is 0. The Morgan fingerprint density at radius 2 is 1.68 bits per heavy atom. The van der Waals surface area contributed by atoms with Crippen molar-refractivity contribution in [1.29, 1.82) is 0 Å². The molecular formula is C31H19NO8. The maximum absolute atomic E-state index is 13.5. The van der Waals surface area contributed by atoms with E-state index in [1.54, 1.807) is 18.2 Å². The minimum atomic E-state index is -0.656. The van der Waals surface area contributed by atoms with Gasteiger partial charge in [-0.25, -0.2) is 4.79 Å². The first-order valence-electron chi connectivity index (χ1n) is 12.1. The molecule has 1 aliphatic rings. The van der Waals surface area contributed by atoms with Crippen LogP contribution in [0.4, 0.5) is 5.69 Å². The minimum Gasteiger partial charge on any atom is -0.497 e. The highest BCUT2D eigenvalue weighted by Gasteiger charge is 2.29. The third-order valence-corrected chi connectivity index (χ3v) is 6.39. The largest absolute Gasteiger partial charge is 0.497 e. The zero-order chi connectivity index (χ0) is 27.8. The number of esters is 1. The van der Waals surface area contributed by atoms with Crippen molar-refractivity contribution in [2.45, 2.75) is 0 Å². The molecule has 0 amide bonds. The highest BCUT2D eigenvalue weighted by atomic mass is 16.6. The molecule has 0 saturated carbocycles. The lowest BCUT2D eigenvalue weighted by atomic mass is 10.1. The summed E-state index contributed by atoms with van der Waals surface area (Å²) in [6.07, 6.45) is 1.49. The summed E-state index contributed by atoms with van der Waals surface area (Å²) in [5.74, 6) is 0.345. The molecule has 9 nitrogen and oxygen atoms in total. The second kappa shape index (κ2) is 9.88. The van der Waals surface area contributed by atoms with Gasteiger partial charge in [-0.05, 0) is 54.1 Å². The van der Waals surface area contributed by atoms with Gasteiger partial charge in [-0.3, -0.25) is 14.9 Å². The number of nitro groups is 1. The van der Waals surface area contributed by atoms with Gasteiger partial charge in [0.2, 0.25) is 5.78 Å². The predicted octanol–water partition coefficient (Wildman–Crippen LogP) is 6.85. The number of non-ortho nitro benzene ring substituents is 1. The maximum atomic E-state index is 13.5. The normalized spacial score (nSPS) is 13.2. The van der Waals surface area contributed by atoms with Gasteiger partial charge in [0, 0.05) is 29.1 Å². The van der Waals surface area contributed by atoms with Gasteiger partial charge in [0.1, 0.15) is 34.2 Å². The van der Waals surface area contributed by atoms with Gasteiger partial charge in [0.15, 0.2) is 5.76 Å². The Balaban J connectivity index is 1.30. The topological polar surface area (TPSA) is 118 Å². The number of rotatable bonds is 6. The summed E-state index contributed by atoms with van der Waals surface area (Å²) in [7, 11) is 1.54. The molecule has 0 unspecified atom stereocenters. The number of furan rings is 1. The Bertz CT molecular complexity index is 1840. The first-order chi connectivity index (χ1) is 19.4. The number of fused-ring (bicyclic) bond motifs is 2. The smallest absolute Gasteiger partial charge is 0.348 e. The number of Topliss-reactive ketones (excluding diaryl/α,β-unsaturated/α-hetero) is 1. The summed E-state index contributed by atoms with van der Waals surface area (Å²) < 4.78 is 22.9. The van der Waals surface area contributed by atoms with E-state index in [4.69, 9.17) is 18.6 Å². The summed E-state index contributed by atoms with van der Waals surface area (Å²) in [6, 6.07) is 24.6. The molecule has 0 radical (unpaired) electrons. The van der Waals surface area contributed by atoms with Crippen LogP contribution in [0.25, 0.3) is 28.4 Å². The second-order valence-electron chi connectivity index (χ2n) is 8.87. The fourth-order valence-corrected chi connectivity index (χ4v) is 4.43. The van der Waals surface area contributed by atoms with Gasteiger partial charge in [0.25, 0.3) is 5.69 Å². The minimum absolute atomic E-state index is 0.0478. The van der Waals surface area contributed by atoms with Gasteiger partial charge in [-0.15, -0.1) is 0 Å². The highest BCUT2D eigenvalue weighted by molar-refractivity contribution is 6.15. The maximum Gasteiger partial charge on any atom is 0.348 e. The Labute approximate surface area is 227 Å². The number of hydrogen-bond acceptors (Lipinski definition) is 8. The molecule has 0 saturated heterocycles. The number of nitro benzene ring substituents is 1. The lowest BCUT2D eigenvalue weighted by Gasteiger charge is -2.07. The average molecular weight is 533 g/mol. The van der Waals surface area contributed by atoms with Gasteiger partial charge >= 0.3 is 5.97 Å². The predicted molar refractivity (Wildman–Crippen MR) is 146 cm³/mol. The molecule has 196 valence electrons. The number of carbonyl (C=O) groups excluding carboxylic acids is 2. The Hall–Kier alpha value is -5.70. The van der Waals surface area contributed by atoms with E-state index in [1.807, 2.05) is 30.3 Å². The summed E-state index contributed by atoms with van der Waals surface area (Å²) in [6.45, 7) is 0. The number of carbonyl (C=O) groups is 2. The molecule has 5 aromatic rings. The van der Waals surface area contributed by atoms with Gasteiger partial charge in [-0.2, -0.15) is 0 Å². The number of methoxy groups -OCH3 is 1. The quantitative estimate of drug-likeness (QED) is 0.0764. The van der Waals surface area contributed by atoms with Crippen LogP contribution in [0.15, 0.2) is 101 Å². The van der Waals surface area contributed by atoms with Crippen LogP contribution in [0.2, 0.25) is 0 Å². The van der Waals surface area contributed by atoms with Crippen molar-refractivity contribution >= 4 is 34.5 Å². The van der Waals surface area contributed by atoms with E-state index < -0.39 is 10.9 Å². The van der Waals surface area contributed by atoms with Crippen molar-refractivity contribution in [3.63, 3.8) is 0 Å². The molecule has 1 aliphatic heterocycles. The number of allylic oxidation sites excluding steroid dienone is 1. The van der Waals surface area contributed by atoms with Crippen LogP contribution in [0.5, 0.6) is 17.2 Å². The summed E-state index contributed by atoms with van der Waals surface area (Å²) >= 11 is 0. The van der Waals surface area contributed by atoms with Gasteiger partial charge in [0.05, 0.1) is 17.6 Å². The SMILES string of the molecule is COc1ccc2oc(-c3ccccc3)c(C(=O)Oc3ccc4c(c3)O/C(=C\c3ccc([N+](=O)[O-])cc3)C4=O)c2c1. The van der Waals surface area contributed by atoms with E-state index in [2.05, 4.69) is 0 Å². The monoisotopic (exact) mass is 533 g/mol. The van der Waals surface area contributed by atoms with Crippen LogP contribution in [0, 0.1) is 10.1 Å². The molecule has 0 fully saturated rings. The van der Waals surface area contributed by atoms with Crippen molar-refractivity contribution in [2.75, 3.05) is 7.11 Å². The van der Waals surface area contributed by atoms with E-state index in [9.17, 15) is 19.7 Å². The van der Waals surface area contributed by atoms with Crippen molar-refractivity contribution < 1.29 is 33.1 Å². The van der Waals surface area contributed by atoms with E-state index in [0.29, 0.717) is 39.2 Å². The summed E-state index contributed by atoms with van der Waals surface area (Å²) in [5.41, 5.74) is 2.23. The second-order valence-corrected chi connectivity index (χ2v) is 8.87. The van der Waals surface area contributed by atoms with Crippen LogP contribution in [0.1, 0.15) is 26.3 Å². The fourth-order valence-electron chi connectivity index (χ4n) is 4.43. The molecule has 6 rings (SSSR count). The zero-order valence-corrected chi connectivity index (χ0v) is 21.0. The first kappa shape index (κ1) is 24.6. The number of ether oxygens (including phenoxy) is 3. The lowest BCUT2D eigenvalue weighted by molar-refractivity contribution is -0.384. The third kappa shape index (κ3) is 4.45. The number of nitrogens with zero attached hydrogens (tertiary/aromatic N) is 1. The summed E-state index contributed by atoms with van der Waals surface area (Å²) in [4.78, 5) is 36.8. The van der Waals surface area contributed by atoms with Crippen molar-refractivity contribution in [3.8, 4) is 28.6 Å². The van der Waals surface area contributed by atoms with Gasteiger partial charge in [-0.1, -0.05) is 30.3 Å². The van der Waals surface area contributed by atoms with Crippen molar-refractivity contribution in [2.24, 2.45) is 0 Å². The first-order valence-corrected chi connectivity index (χ1v) is 12.1. The third-order valence-electron chi connectivity index (χ3n) is 6.39. The number of ketones is 1. The zero-order valence-electron chi connectivity index (χ0n) is 21.0. The van der Waals surface area contributed by atoms with E-state index in [-0.39, 0.29) is 34.3 Å². The molecular weight excluding hydrogens is 514 g/mol. The van der Waals surface area contributed by atoms with Crippen molar-refractivity contribution in [3.05, 3.63) is 124 Å². The van der Waals surface area contributed by atoms with Gasteiger partial charge < -0.3 is 18.6 Å². The molecule has 4 aromatic carbocycles. The average Bonchev–Trinajstić information content (AvgIpc) is 3.50. The van der Waals surface area contributed by atoms with Crippen LogP contribution in [-0.4, -0.2) is 23.8 Å². The Morgan fingerprint density at radius 3 is 2.40 bits per heavy atom. The van der Waals surface area contributed by atoms with E-state index in [1.165, 1.54) is 55.7 Å². The highest BCUT2D eigenvalue weighted by Crippen LogP contribution is 2.38. The van der Waals surface area contributed by atoms with Crippen LogP contribution in [0.3, 0.4) is 0 Å². The Kier molecular flexibility index (Phi) is 6.08. The van der Waals surface area contributed by atoms with Crippen LogP contribution < -0.4 is 14.2 Å². The fraction of sp³-hybridized carbons (Fsp3) is 0.0323. The molecule has 9 heteroatoms. The molecule has 40 heavy (non-hydrogen) atoms. The Morgan fingerprint density at radius 1 is 0.925 bits per heavy atom. The van der Waals surface area contributed by atoms with Crippen molar-refractivity contribution in [1.82, 2.24) is 0 Å². The molecule has 1 aromatic heterocycles. The van der Waals surface area contributed by atoms with Crippen LogP contribution >= 0.6 is 0 Å². The lowest BCUT2D eigenvalue weighted by Crippen LogP contribution is -2.09. The molecule has 0 aliphatic carbocycles. The van der Waals surface area contributed by atoms with E-state index >= 15 is 0 Å². The van der Waals surface area contributed by atoms with Crippen LogP contribution in [-0.2, 0) is 0 Å². The molecule has 0 N–H and O–H groups in total. The molecule has 2 heterocycles. The number of benzene rings is 4. The molecule has 0 spiro atoms. The molecule has 0 bridgehead atoms. The molecule has 0 atom stereocenters.